The van der Waals surface area contributed by atoms with Crippen LogP contribution < -0.4 is 4.74 Å². The van der Waals surface area contributed by atoms with E-state index in [2.05, 4.69) is 49.3 Å². The first kappa shape index (κ1) is 17.4. The van der Waals surface area contributed by atoms with E-state index >= 15 is 0 Å². The fourth-order valence-electron chi connectivity index (χ4n) is 2.41. The van der Waals surface area contributed by atoms with Gasteiger partial charge >= 0.3 is 0 Å². The monoisotopic (exact) mass is 349 g/mol. The zero-order valence-corrected chi connectivity index (χ0v) is 15.7. The molecule has 0 aliphatic heterocycles. The van der Waals surface area contributed by atoms with Crippen LogP contribution in [0.5, 0.6) is 11.5 Å². The minimum absolute atomic E-state index is 0.195. The van der Waals surface area contributed by atoms with Gasteiger partial charge in [-0.2, -0.15) is 11.3 Å². The first-order valence-electron chi connectivity index (χ1n) is 8.51. The number of ether oxygens (including phenoxy) is 1. The quantitative estimate of drug-likeness (QED) is 0.440. The fraction of sp³-hybridized carbons (Fsp3) is 0.227. The van der Waals surface area contributed by atoms with Crippen molar-refractivity contribution >= 4 is 23.2 Å². The molecule has 2 nitrogen and oxygen atoms in total. The van der Waals surface area contributed by atoms with E-state index < -0.39 is 0 Å². The second-order valence-corrected chi connectivity index (χ2v) is 7.45. The van der Waals surface area contributed by atoms with Gasteiger partial charge in [0.15, 0.2) is 0 Å². The van der Waals surface area contributed by atoms with Crippen molar-refractivity contribution in [1.29, 1.82) is 0 Å². The van der Waals surface area contributed by atoms with E-state index in [-0.39, 0.29) is 5.41 Å². The summed E-state index contributed by atoms with van der Waals surface area (Å²) in [6.45, 7) is 6.74. The summed E-state index contributed by atoms with van der Waals surface area (Å²) in [4.78, 5) is 4.47. The van der Waals surface area contributed by atoms with Crippen LogP contribution in [0.25, 0.3) is 0 Å². The van der Waals surface area contributed by atoms with Crippen LogP contribution in [0.4, 0.5) is 5.69 Å². The standard InChI is InChI=1S/C22H23NOS/c1-4-22(2,3)18-5-9-20(10-6-18)24-21-11-7-19(8-12-21)23-15-17-13-14-25-16-17/h5-16H,4H2,1-3H3. The molecule has 0 atom stereocenters. The van der Waals surface area contributed by atoms with Gasteiger partial charge in [0.1, 0.15) is 11.5 Å². The van der Waals surface area contributed by atoms with Crippen molar-refractivity contribution in [3.63, 3.8) is 0 Å². The summed E-state index contributed by atoms with van der Waals surface area (Å²) in [7, 11) is 0. The average molecular weight is 349 g/mol. The van der Waals surface area contributed by atoms with Gasteiger partial charge in [-0.25, -0.2) is 0 Å². The SMILES string of the molecule is CCC(C)(C)c1ccc(Oc2ccc(N=Cc3ccsc3)cc2)cc1. The lowest BCUT2D eigenvalue weighted by Gasteiger charge is -2.23. The number of benzene rings is 2. The van der Waals surface area contributed by atoms with Crippen LogP contribution in [0.3, 0.4) is 0 Å². The van der Waals surface area contributed by atoms with Crippen molar-refractivity contribution < 1.29 is 4.74 Å². The first-order chi connectivity index (χ1) is 12.1. The molecule has 0 spiro atoms. The number of hydrogen-bond acceptors (Lipinski definition) is 3. The van der Waals surface area contributed by atoms with Gasteiger partial charge in [0.25, 0.3) is 0 Å². The molecule has 1 heterocycles. The zero-order valence-electron chi connectivity index (χ0n) is 14.9. The average Bonchev–Trinajstić information content (AvgIpc) is 3.15. The van der Waals surface area contributed by atoms with Gasteiger partial charge in [0, 0.05) is 11.8 Å². The van der Waals surface area contributed by atoms with E-state index in [0.717, 1.165) is 29.2 Å². The number of thiophene rings is 1. The molecule has 0 radical (unpaired) electrons. The van der Waals surface area contributed by atoms with Crippen molar-refractivity contribution in [3.05, 3.63) is 76.5 Å². The van der Waals surface area contributed by atoms with Crippen molar-refractivity contribution in [2.75, 3.05) is 0 Å². The molecular weight excluding hydrogens is 326 g/mol. The van der Waals surface area contributed by atoms with Gasteiger partial charge in [-0.3, -0.25) is 4.99 Å². The second kappa shape index (κ2) is 7.66. The number of rotatable bonds is 6. The maximum atomic E-state index is 5.93. The molecule has 0 aliphatic rings. The van der Waals surface area contributed by atoms with E-state index in [1.807, 2.05) is 48.0 Å². The van der Waals surface area contributed by atoms with Crippen LogP contribution in [0.1, 0.15) is 38.3 Å². The summed E-state index contributed by atoms with van der Waals surface area (Å²) in [6.07, 6.45) is 2.99. The Bertz CT molecular complexity index is 815. The summed E-state index contributed by atoms with van der Waals surface area (Å²) >= 11 is 1.67. The second-order valence-electron chi connectivity index (χ2n) is 6.67. The highest BCUT2D eigenvalue weighted by molar-refractivity contribution is 7.08. The fourth-order valence-corrected chi connectivity index (χ4v) is 3.02. The molecule has 0 amide bonds. The van der Waals surface area contributed by atoms with Gasteiger partial charge < -0.3 is 4.74 Å². The lowest BCUT2D eigenvalue weighted by atomic mass is 9.82. The molecule has 0 aliphatic carbocycles. The Hall–Kier alpha value is -2.39. The lowest BCUT2D eigenvalue weighted by molar-refractivity contribution is 0.478. The predicted molar refractivity (Wildman–Crippen MR) is 108 cm³/mol. The summed E-state index contributed by atoms with van der Waals surface area (Å²) < 4.78 is 5.93. The third-order valence-corrected chi connectivity index (χ3v) is 5.20. The van der Waals surface area contributed by atoms with E-state index in [0.29, 0.717) is 0 Å². The van der Waals surface area contributed by atoms with Crippen LogP contribution in [0, 0.1) is 0 Å². The van der Waals surface area contributed by atoms with Crippen LogP contribution in [0.15, 0.2) is 70.3 Å². The highest BCUT2D eigenvalue weighted by atomic mass is 32.1. The third kappa shape index (κ3) is 4.58. The summed E-state index contributed by atoms with van der Waals surface area (Å²) in [6, 6.07) is 18.3. The Morgan fingerprint density at radius 1 is 0.960 bits per heavy atom. The van der Waals surface area contributed by atoms with Gasteiger partial charge in [-0.05, 0) is 70.6 Å². The molecule has 3 rings (SSSR count). The van der Waals surface area contributed by atoms with E-state index in [4.69, 9.17) is 4.74 Å². The van der Waals surface area contributed by atoms with Crippen molar-refractivity contribution in [3.8, 4) is 11.5 Å². The first-order valence-corrected chi connectivity index (χ1v) is 9.46. The molecule has 0 fully saturated rings. The Morgan fingerprint density at radius 2 is 1.60 bits per heavy atom. The van der Waals surface area contributed by atoms with Crippen molar-refractivity contribution in [1.82, 2.24) is 0 Å². The van der Waals surface area contributed by atoms with E-state index in [9.17, 15) is 0 Å². The lowest BCUT2D eigenvalue weighted by Crippen LogP contribution is -2.14. The normalized spacial score (nSPS) is 11.8. The molecule has 0 bridgehead atoms. The van der Waals surface area contributed by atoms with E-state index in [1.54, 1.807) is 11.3 Å². The maximum absolute atomic E-state index is 5.93. The van der Waals surface area contributed by atoms with Gasteiger partial charge in [-0.15, -0.1) is 0 Å². The zero-order chi connectivity index (χ0) is 17.7. The molecule has 2 aromatic carbocycles. The molecule has 25 heavy (non-hydrogen) atoms. The number of aliphatic imine (C=N–C) groups is 1. The Kier molecular flexibility index (Phi) is 5.34. The molecule has 0 unspecified atom stereocenters. The Balaban J connectivity index is 1.65. The molecule has 3 heteroatoms. The molecule has 128 valence electrons. The van der Waals surface area contributed by atoms with Crippen LogP contribution in [-0.2, 0) is 5.41 Å². The molecule has 1 aromatic heterocycles. The summed E-state index contributed by atoms with van der Waals surface area (Å²) in [5.41, 5.74) is 3.57. The third-order valence-electron chi connectivity index (χ3n) is 4.50. The summed E-state index contributed by atoms with van der Waals surface area (Å²) in [5, 5.41) is 4.12. The Morgan fingerprint density at radius 3 is 2.16 bits per heavy atom. The highest BCUT2D eigenvalue weighted by Crippen LogP contribution is 2.30. The largest absolute Gasteiger partial charge is 0.457 e. The number of hydrogen-bond donors (Lipinski definition) is 0. The summed E-state index contributed by atoms with van der Waals surface area (Å²) in [5.74, 6) is 1.67. The van der Waals surface area contributed by atoms with E-state index in [1.165, 1.54) is 5.56 Å². The van der Waals surface area contributed by atoms with Crippen LogP contribution in [0.2, 0.25) is 0 Å². The highest BCUT2D eigenvalue weighted by Gasteiger charge is 2.17. The molecular formula is C22H23NOS. The van der Waals surface area contributed by atoms with Gasteiger partial charge in [0.2, 0.25) is 0 Å². The Labute approximate surface area is 153 Å². The predicted octanol–water partition coefficient (Wildman–Crippen LogP) is 6.98. The van der Waals surface area contributed by atoms with Crippen molar-refractivity contribution in [2.45, 2.75) is 32.6 Å². The minimum Gasteiger partial charge on any atom is -0.457 e. The van der Waals surface area contributed by atoms with Gasteiger partial charge in [0.05, 0.1) is 5.69 Å². The van der Waals surface area contributed by atoms with Crippen LogP contribution in [-0.4, -0.2) is 6.21 Å². The molecule has 0 N–H and O–H groups in total. The number of nitrogens with zero attached hydrogens (tertiary/aromatic N) is 1. The molecule has 3 aromatic rings. The minimum atomic E-state index is 0.195. The van der Waals surface area contributed by atoms with Crippen molar-refractivity contribution in [2.24, 2.45) is 4.99 Å². The smallest absolute Gasteiger partial charge is 0.127 e. The molecule has 0 saturated carbocycles. The maximum Gasteiger partial charge on any atom is 0.127 e. The van der Waals surface area contributed by atoms with Gasteiger partial charge in [-0.1, -0.05) is 32.9 Å². The topological polar surface area (TPSA) is 21.6 Å². The molecule has 0 saturated heterocycles. The van der Waals surface area contributed by atoms with Crippen LogP contribution >= 0.6 is 11.3 Å².